The van der Waals surface area contributed by atoms with Gasteiger partial charge >= 0.3 is 12.1 Å². The van der Waals surface area contributed by atoms with Crippen molar-refractivity contribution in [3.8, 4) is 5.75 Å². The molecule has 0 aliphatic rings. The number of hydrogen-bond acceptors (Lipinski definition) is 9. The Labute approximate surface area is 225 Å². The van der Waals surface area contributed by atoms with Gasteiger partial charge in [-0.2, -0.15) is 0 Å². The molecule has 11 heteroatoms. The van der Waals surface area contributed by atoms with Crippen LogP contribution in [0, 0.1) is 10.1 Å². The van der Waals surface area contributed by atoms with E-state index in [0.717, 1.165) is 21.4 Å². The number of carbonyl (C=O) groups is 2. The van der Waals surface area contributed by atoms with Gasteiger partial charge in [0.05, 0.1) is 6.61 Å². The lowest BCUT2D eigenvalue weighted by atomic mass is 10.1. The van der Waals surface area contributed by atoms with Gasteiger partial charge in [-0.15, -0.1) is 21.5 Å². The number of benzene rings is 2. The van der Waals surface area contributed by atoms with E-state index in [1.807, 2.05) is 60.0 Å². The van der Waals surface area contributed by atoms with Crippen molar-refractivity contribution in [1.29, 1.82) is 0 Å². The number of nitrogens with zero attached hydrogens (tertiary/aromatic N) is 2. The SMILES string of the molecule is CC(OC(=O)CCCCCO[N+](=O)[O-])OC(=O)N(C)CC[C@H](Oc1cccc2ccccc12)c1cccs1. The van der Waals surface area contributed by atoms with Crippen molar-refractivity contribution in [2.45, 2.75) is 51.4 Å². The van der Waals surface area contributed by atoms with E-state index in [-0.39, 0.29) is 19.1 Å². The van der Waals surface area contributed by atoms with Crippen molar-refractivity contribution in [3.63, 3.8) is 0 Å². The molecule has 0 aliphatic heterocycles. The van der Waals surface area contributed by atoms with Gasteiger partial charge in [-0.25, -0.2) is 4.79 Å². The minimum Gasteiger partial charge on any atom is -0.484 e. The molecular weight excluding hydrogens is 512 g/mol. The van der Waals surface area contributed by atoms with Crippen molar-refractivity contribution < 1.29 is 33.7 Å². The summed E-state index contributed by atoms with van der Waals surface area (Å²) in [6.07, 6.45) is 0.247. The Morgan fingerprint density at radius 1 is 1.03 bits per heavy atom. The van der Waals surface area contributed by atoms with Crippen molar-refractivity contribution in [2.24, 2.45) is 0 Å². The summed E-state index contributed by atoms with van der Waals surface area (Å²) in [5.41, 5.74) is 0. The predicted molar refractivity (Wildman–Crippen MR) is 142 cm³/mol. The zero-order chi connectivity index (χ0) is 27.3. The van der Waals surface area contributed by atoms with Gasteiger partial charge in [0, 0.05) is 43.6 Å². The topological polar surface area (TPSA) is 117 Å². The molecule has 0 radical (unpaired) electrons. The van der Waals surface area contributed by atoms with E-state index < -0.39 is 23.4 Å². The average Bonchev–Trinajstić information content (AvgIpc) is 3.43. The van der Waals surface area contributed by atoms with Gasteiger partial charge in [-0.1, -0.05) is 48.9 Å². The van der Waals surface area contributed by atoms with Crippen molar-refractivity contribution in [3.05, 3.63) is 75.0 Å². The Kier molecular flexibility index (Phi) is 11.2. The lowest BCUT2D eigenvalue weighted by Gasteiger charge is -2.24. The standard InChI is InChI=1S/C27H32N2O8S/c1-20(35-26(30)15-4-3-7-18-34-29(32)33)36-27(31)28(2)17-16-24(25-14-9-19-38-25)37-23-13-8-11-21-10-5-6-12-22(21)23/h5-6,8-14,19-20,24H,3-4,7,15-18H2,1-2H3/t20?,24-/m0/s1. The number of esters is 1. The quantitative estimate of drug-likeness (QED) is 0.0736. The fourth-order valence-corrected chi connectivity index (χ4v) is 4.56. The highest BCUT2D eigenvalue weighted by Crippen LogP contribution is 2.33. The Hall–Kier alpha value is -3.86. The maximum absolute atomic E-state index is 12.6. The first kappa shape index (κ1) is 28.7. The first-order valence-electron chi connectivity index (χ1n) is 12.4. The highest BCUT2D eigenvalue weighted by molar-refractivity contribution is 7.10. The fraction of sp³-hybridized carbons (Fsp3) is 0.407. The molecule has 1 heterocycles. The van der Waals surface area contributed by atoms with E-state index in [1.54, 1.807) is 18.4 Å². The lowest BCUT2D eigenvalue weighted by Crippen LogP contribution is -2.33. The minimum absolute atomic E-state index is 0.0112. The zero-order valence-electron chi connectivity index (χ0n) is 21.4. The summed E-state index contributed by atoms with van der Waals surface area (Å²) in [4.78, 5) is 41.3. The number of ether oxygens (including phenoxy) is 3. The molecule has 38 heavy (non-hydrogen) atoms. The zero-order valence-corrected chi connectivity index (χ0v) is 22.3. The van der Waals surface area contributed by atoms with Gasteiger partial charge in [0.2, 0.25) is 6.29 Å². The maximum atomic E-state index is 12.6. The molecule has 1 amide bonds. The highest BCUT2D eigenvalue weighted by atomic mass is 32.1. The summed E-state index contributed by atoms with van der Waals surface area (Å²) in [5.74, 6) is 0.266. The Morgan fingerprint density at radius 2 is 1.82 bits per heavy atom. The van der Waals surface area contributed by atoms with Crippen LogP contribution in [-0.4, -0.2) is 48.5 Å². The number of unbranched alkanes of at least 4 members (excludes halogenated alkanes) is 2. The normalized spacial score (nSPS) is 12.4. The summed E-state index contributed by atoms with van der Waals surface area (Å²) in [6, 6.07) is 17.9. The van der Waals surface area contributed by atoms with Crippen LogP contribution in [0.25, 0.3) is 10.8 Å². The van der Waals surface area contributed by atoms with Gasteiger partial charge in [-0.05, 0) is 35.7 Å². The summed E-state index contributed by atoms with van der Waals surface area (Å²) < 4.78 is 16.8. The lowest BCUT2D eigenvalue weighted by molar-refractivity contribution is -0.757. The van der Waals surface area contributed by atoms with Crippen molar-refractivity contribution >= 4 is 34.2 Å². The van der Waals surface area contributed by atoms with Gasteiger partial charge in [0.25, 0.3) is 5.09 Å². The Morgan fingerprint density at radius 3 is 2.58 bits per heavy atom. The Balaban J connectivity index is 1.46. The summed E-state index contributed by atoms with van der Waals surface area (Å²) in [6.45, 7) is 1.83. The van der Waals surface area contributed by atoms with Crippen molar-refractivity contribution in [2.75, 3.05) is 20.2 Å². The van der Waals surface area contributed by atoms with Crippen LogP contribution in [0.3, 0.4) is 0 Å². The van der Waals surface area contributed by atoms with Crippen molar-refractivity contribution in [1.82, 2.24) is 4.90 Å². The number of amides is 1. The van der Waals surface area contributed by atoms with Gasteiger partial charge < -0.3 is 23.9 Å². The largest absolute Gasteiger partial charge is 0.484 e. The number of hydrogen-bond donors (Lipinski definition) is 0. The third-order valence-electron chi connectivity index (χ3n) is 5.70. The summed E-state index contributed by atoms with van der Waals surface area (Å²) in [7, 11) is 1.62. The highest BCUT2D eigenvalue weighted by Gasteiger charge is 2.21. The van der Waals surface area contributed by atoms with Gasteiger partial charge in [0.1, 0.15) is 11.9 Å². The van der Waals surface area contributed by atoms with Crippen LogP contribution >= 0.6 is 11.3 Å². The molecule has 0 N–H and O–H groups in total. The molecule has 3 aromatic rings. The third kappa shape index (κ3) is 9.22. The van der Waals surface area contributed by atoms with Gasteiger partial charge in [-0.3, -0.25) is 4.79 Å². The maximum Gasteiger partial charge on any atom is 0.412 e. The number of thiophene rings is 1. The molecule has 1 unspecified atom stereocenters. The van der Waals surface area contributed by atoms with Gasteiger partial charge in [0.15, 0.2) is 0 Å². The van der Waals surface area contributed by atoms with Crippen LogP contribution in [0.2, 0.25) is 0 Å². The molecular formula is C27H32N2O8S. The molecule has 3 rings (SSSR count). The monoisotopic (exact) mass is 544 g/mol. The molecule has 1 aromatic heterocycles. The smallest absolute Gasteiger partial charge is 0.412 e. The van der Waals surface area contributed by atoms with Crippen LogP contribution < -0.4 is 4.74 Å². The molecule has 204 valence electrons. The van der Waals surface area contributed by atoms with Crippen LogP contribution in [0.15, 0.2) is 60.0 Å². The minimum atomic E-state index is -1.05. The van der Waals surface area contributed by atoms with E-state index in [4.69, 9.17) is 14.2 Å². The van der Waals surface area contributed by atoms with E-state index in [1.165, 1.54) is 11.8 Å². The molecule has 2 aromatic carbocycles. The van der Waals surface area contributed by atoms with E-state index >= 15 is 0 Å². The fourth-order valence-electron chi connectivity index (χ4n) is 3.77. The third-order valence-corrected chi connectivity index (χ3v) is 6.67. The van der Waals surface area contributed by atoms with E-state index in [0.29, 0.717) is 32.2 Å². The van der Waals surface area contributed by atoms with Crippen LogP contribution in [0.4, 0.5) is 4.79 Å². The second kappa shape index (κ2) is 14.8. The number of rotatable bonds is 15. The molecule has 0 bridgehead atoms. The summed E-state index contributed by atoms with van der Waals surface area (Å²) >= 11 is 1.59. The molecule has 0 aliphatic carbocycles. The second-order valence-corrected chi connectivity index (χ2v) is 9.60. The number of carbonyl (C=O) groups excluding carboxylic acids is 2. The second-order valence-electron chi connectivity index (χ2n) is 8.62. The van der Waals surface area contributed by atoms with E-state index in [9.17, 15) is 19.7 Å². The summed E-state index contributed by atoms with van der Waals surface area (Å²) in [5, 5.41) is 13.3. The Bertz CT molecular complexity index is 1180. The van der Waals surface area contributed by atoms with Crippen LogP contribution in [0.5, 0.6) is 5.75 Å². The molecule has 0 spiro atoms. The van der Waals surface area contributed by atoms with E-state index in [2.05, 4.69) is 4.84 Å². The molecule has 0 saturated carbocycles. The first-order chi connectivity index (χ1) is 18.3. The van der Waals surface area contributed by atoms with Crippen LogP contribution in [-0.2, 0) is 19.1 Å². The number of fused-ring (bicyclic) bond motifs is 1. The molecule has 2 atom stereocenters. The molecule has 0 saturated heterocycles. The first-order valence-corrected chi connectivity index (χ1v) is 13.3. The predicted octanol–water partition coefficient (Wildman–Crippen LogP) is 6.14. The molecule has 10 nitrogen and oxygen atoms in total. The molecule has 0 fully saturated rings. The average molecular weight is 545 g/mol. The van der Waals surface area contributed by atoms with Crippen LogP contribution in [0.1, 0.15) is 50.0 Å².